The molecule has 0 saturated heterocycles. The maximum Gasteiger partial charge on any atom is 0.325 e. The van der Waals surface area contributed by atoms with Gasteiger partial charge in [0.05, 0.1) is 25.4 Å². The van der Waals surface area contributed by atoms with Gasteiger partial charge in [0.15, 0.2) is 0 Å². The van der Waals surface area contributed by atoms with Crippen LogP contribution in [-0.4, -0.2) is 75.7 Å². The van der Waals surface area contributed by atoms with Crippen LogP contribution in [0.4, 0.5) is 0 Å². The molecule has 0 spiro atoms. The highest BCUT2D eigenvalue weighted by Gasteiger charge is 2.36. The fraction of sp³-hybridized carbons (Fsp3) is 0.667. The van der Waals surface area contributed by atoms with Crippen LogP contribution in [0.1, 0.15) is 12.8 Å². The Morgan fingerprint density at radius 1 is 1.30 bits per heavy atom. The van der Waals surface area contributed by atoms with Crippen molar-refractivity contribution in [2.75, 3.05) is 32.9 Å². The number of aliphatic imine (C=N–C) groups is 1. The Balaban J connectivity index is 3.10. The van der Waals surface area contributed by atoms with Gasteiger partial charge < -0.3 is 30.8 Å². The number of aliphatic hydroxyl groups is 4. The first-order chi connectivity index (χ1) is 9.45. The number of nitrogens with one attached hydrogen (secondary N) is 1. The van der Waals surface area contributed by atoms with Crippen LogP contribution in [0.2, 0.25) is 0 Å². The molecule has 0 saturated carbocycles. The number of hydrogen-bond acceptors (Lipinski definition) is 7. The van der Waals surface area contributed by atoms with Crippen LogP contribution in [0.15, 0.2) is 16.3 Å². The minimum absolute atomic E-state index is 0.0308. The largest absolute Gasteiger partial charge is 0.480 e. The third-order valence-corrected chi connectivity index (χ3v) is 3.02. The fourth-order valence-electron chi connectivity index (χ4n) is 2.08. The Hall–Kier alpha value is -1.48. The van der Waals surface area contributed by atoms with Crippen molar-refractivity contribution in [2.24, 2.45) is 4.99 Å². The molecule has 0 aromatic rings. The molecule has 8 heteroatoms. The molecule has 1 rings (SSSR count). The van der Waals surface area contributed by atoms with Gasteiger partial charge in [0.25, 0.3) is 0 Å². The van der Waals surface area contributed by atoms with E-state index < -0.39 is 24.7 Å². The van der Waals surface area contributed by atoms with E-state index in [1.165, 1.54) is 0 Å². The Labute approximate surface area is 116 Å². The first kappa shape index (κ1) is 16.6. The first-order valence-electron chi connectivity index (χ1n) is 6.22. The molecule has 0 bridgehead atoms. The summed E-state index contributed by atoms with van der Waals surface area (Å²) in [4.78, 5) is 14.4. The van der Waals surface area contributed by atoms with Crippen molar-refractivity contribution in [1.29, 1.82) is 0 Å². The van der Waals surface area contributed by atoms with Crippen molar-refractivity contribution >= 4 is 11.7 Å². The molecule has 0 fully saturated rings. The first-order valence-corrected chi connectivity index (χ1v) is 6.22. The van der Waals surface area contributed by atoms with Crippen LogP contribution in [0.5, 0.6) is 0 Å². The molecule has 114 valence electrons. The summed E-state index contributed by atoms with van der Waals surface area (Å²) in [7, 11) is 0. The third-order valence-electron chi connectivity index (χ3n) is 3.02. The zero-order valence-electron chi connectivity index (χ0n) is 11.0. The molecule has 0 aromatic heterocycles. The van der Waals surface area contributed by atoms with Gasteiger partial charge >= 0.3 is 5.97 Å². The quantitative estimate of drug-likeness (QED) is 0.314. The van der Waals surface area contributed by atoms with Gasteiger partial charge in [0.1, 0.15) is 6.54 Å². The molecule has 1 aliphatic rings. The molecule has 6 N–H and O–H groups in total. The average molecular weight is 288 g/mol. The van der Waals surface area contributed by atoms with Gasteiger partial charge in [0.2, 0.25) is 0 Å². The highest BCUT2D eigenvalue weighted by atomic mass is 16.4. The second-order valence-electron chi connectivity index (χ2n) is 4.66. The minimum atomic E-state index is -1.45. The number of carbonyl (C=O) groups is 1. The molecule has 1 atom stereocenters. The number of nitrogens with zero attached hydrogens (tertiary/aromatic N) is 1. The lowest BCUT2D eigenvalue weighted by Gasteiger charge is -2.34. The van der Waals surface area contributed by atoms with Crippen LogP contribution < -0.4 is 5.32 Å². The normalized spacial score (nSPS) is 25.1. The van der Waals surface area contributed by atoms with Crippen LogP contribution in [0, 0.1) is 0 Å². The molecule has 8 nitrogen and oxygen atoms in total. The van der Waals surface area contributed by atoms with Crippen LogP contribution in [0.3, 0.4) is 0 Å². The Bertz CT molecular complexity index is 420. The summed E-state index contributed by atoms with van der Waals surface area (Å²) in [6.07, 6.45) is 0.0441. The average Bonchev–Trinajstić information content (AvgIpc) is 2.42. The van der Waals surface area contributed by atoms with E-state index in [-0.39, 0.29) is 38.3 Å². The molecule has 0 aliphatic heterocycles. The SMILES string of the molecule is O=C(O)CN=C1CC(O)(CO)CC(NCCO)=C1CO. The van der Waals surface area contributed by atoms with E-state index in [0.29, 0.717) is 11.3 Å². The molecule has 0 amide bonds. The molecule has 20 heavy (non-hydrogen) atoms. The van der Waals surface area contributed by atoms with Gasteiger partial charge in [-0.15, -0.1) is 0 Å². The van der Waals surface area contributed by atoms with Crippen molar-refractivity contribution < 1.29 is 30.3 Å². The van der Waals surface area contributed by atoms with Crippen molar-refractivity contribution in [3.05, 3.63) is 11.3 Å². The Kier molecular flexibility index (Phi) is 6.08. The number of carboxylic acids is 1. The Morgan fingerprint density at radius 2 is 2.00 bits per heavy atom. The van der Waals surface area contributed by atoms with Gasteiger partial charge in [-0.05, 0) is 0 Å². The second-order valence-corrected chi connectivity index (χ2v) is 4.66. The molecule has 0 heterocycles. The zero-order chi connectivity index (χ0) is 15.2. The maximum atomic E-state index is 10.6. The maximum absolute atomic E-state index is 10.6. The van der Waals surface area contributed by atoms with Gasteiger partial charge in [-0.1, -0.05) is 0 Å². The van der Waals surface area contributed by atoms with E-state index in [1.54, 1.807) is 0 Å². The zero-order valence-corrected chi connectivity index (χ0v) is 11.0. The molecular weight excluding hydrogens is 268 g/mol. The summed E-state index contributed by atoms with van der Waals surface area (Å²) in [6, 6.07) is 0. The summed E-state index contributed by atoms with van der Waals surface area (Å²) in [5.74, 6) is -1.13. The summed E-state index contributed by atoms with van der Waals surface area (Å²) < 4.78 is 0. The van der Waals surface area contributed by atoms with Gasteiger partial charge in [-0.25, -0.2) is 0 Å². The summed E-state index contributed by atoms with van der Waals surface area (Å²) in [6.45, 7) is -1.28. The van der Waals surface area contributed by atoms with E-state index in [9.17, 15) is 20.1 Å². The molecule has 1 aliphatic carbocycles. The van der Waals surface area contributed by atoms with Crippen molar-refractivity contribution in [2.45, 2.75) is 18.4 Å². The van der Waals surface area contributed by atoms with E-state index in [2.05, 4.69) is 10.3 Å². The predicted octanol–water partition coefficient (Wildman–Crippen LogP) is -2.14. The topological polar surface area (TPSA) is 143 Å². The van der Waals surface area contributed by atoms with Crippen LogP contribution >= 0.6 is 0 Å². The van der Waals surface area contributed by atoms with Crippen molar-refractivity contribution in [1.82, 2.24) is 5.32 Å². The highest BCUT2D eigenvalue weighted by Crippen LogP contribution is 2.29. The Morgan fingerprint density at radius 3 is 2.50 bits per heavy atom. The van der Waals surface area contributed by atoms with Gasteiger partial charge in [-0.3, -0.25) is 9.79 Å². The molecule has 0 aromatic carbocycles. The van der Waals surface area contributed by atoms with E-state index >= 15 is 0 Å². The van der Waals surface area contributed by atoms with Gasteiger partial charge in [-0.2, -0.15) is 0 Å². The minimum Gasteiger partial charge on any atom is -0.480 e. The van der Waals surface area contributed by atoms with Gasteiger partial charge in [0, 0.05) is 36.4 Å². The monoisotopic (exact) mass is 288 g/mol. The second kappa shape index (κ2) is 7.34. The lowest BCUT2D eigenvalue weighted by Crippen LogP contribution is -2.44. The van der Waals surface area contributed by atoms with Crippen LogP contribution in [-0.2, 0) is 4.79 Å². The highest BCUT2D eigenvalue weighted by molar-refractivity contribution is 6.03. The van der Waals surface area contributed by atoms with Crippen LogP contribution in [0.25, 0.3) is 0 Å². The predicted molar refractivity (Wildman–Crippen MR) is 70.4 cm³/mol. The standard InChI is InChI=1S/C12H20N2O6/c15-2-1-13-9-3-12(20,7-17)4-10(8(9)6-16)14-5-11(18)19/h13,15-17,20H,1-7H2,(H,18,19). The third kappa shape index (κ3) is 4.27. The lowest BCUT2D eigenvalue weighted by atomic mass is 9.82. The van der Waals surface area contributed by atoms with Crippen molar-refractivity contribution in [3.8, 4) is 0 Å². The molecular formula is C12H20N2O6. The van der Waals surface area contributed by atoms with E-state index in [1.807, 2.05) is 0 Å². The summed E-state index contributed by atoms with van der Waals surface area (Å²) >= 11 is 0. The smallest absolute Gasteiger partial charge is 0.325 e. The number of aliphatic hydroxyl groups excluding tert-OH is 3. The van der Waals surface area contributed by atoms with E-state index in [4.69, 9.17) is 10.2 Å². The number of hydrogen-bond donors (Lipinski definition) is 6. The number of rotatable bonds is 7. The number of carboxylic acid groups (broad SMARTS) is 1. The summed E-state index contributed by atoms with van der Waals surface area (Å²) in [5.41, 5.74) is -0.349. The molecule has 0 radical (unpaired) electrons. The summed E-state index contributed by atoms with van der Waals surface area (Å²) in [5, 5.41) is 49.2. The fourth-order valence-corrected chi connectivity index (χ4v) is 2.08. The molecule has 1 unspecified atom stereocenters. The lowest BCUT2D eigenvalue weighted by molar-refractivity contribution is -0.135. The van der Waals surface area contributed by atoms with E-state index in [0.717, 1.165) is 0 Å². The number of aliphatic carboxylic acids is 1. The van der Waals surface area contributed by atoms with Crippen molar-refractivity contribution in [3.63, 3.8) is 0 Å².